The molecule has 0 saturated heterocycles. The molecule has 1 saturated carbocycles. The quantitative estimate of drug-likeness (QED) is 0.361. The lowest BCUT2D eigenvalue weighted by Crippen LogP contribution is -2.26. The van der Waals surface area contributed by atoms with Gasteiger partial charge in [0.25, 0.3) is 0 Å². The summed E-state index contributed by atoms with van der Waals surface area (Å²) < 4.78 is 17.4. The molecule has 0 aromatic heterocycles. The molecule has 1 fully saturated rings. The van der Waals surface area contributed by atoms with Crippen LogP contribution in [0.1, 0.15) is 75.8 Å². The molecule has 1 atom stereocenters. The Kier molecular flexibility index (Phi) is 7.97. The summed E-state index contributed by atoms with van der Waals surface area (Å²) in [5, 5.41) is 9.85. The highest BCUT2D eigenvalue weighted by atomic mass is 16.5. The highest BCUT2D eigenvalue weighted by Gasteiger charge is 2.33. The molecule has 35 heavy (non-hydrogen) atoms. The smallest absolute Gasteiger partial charge is 0.314 e. The average molecular weight is 475 g/mol. The molecule has 0 spiro atoms. The monoisotopic (exact) mass is 474 g/mol. The largest absolute Gasteiger partial charge is 0.494 e. The van der Waals surface area contributed by atoms with E-state index in [1.54, 1.807) is 12.1 Å². The zero-order chi connectivity index (χ0) is 24.8. The predicted molar refractivity (Wildman–Crippen MR) is 134 cm³/mol. The van der Waals surface area contributed by atoms with Gasteiger partial charge in [-0.05, 0) is 50.7 Å². The Morgan fingerprint density at radius 3 is 2.60 bits per heavy atom. The summed E-state index contributed by atoms with van der Waals surface area (Å²) in [6, 6.07) is 15.1. The molecule has 1 aliphatic heterocycles. The van der Waals surface area contributed by atoms with E-state index in [0.29, 0.717) is 29.4 Å². The lowest BCUT2D eigenvalue weighted by Gasteiger charge is -2.28. The van der Waals surface area contributed by atoms with Crippen molar-refractivity contribution in [3.63, 3.8) is 0 Å². The molecule has 0 bridgehead atoms. The topological polar surface area (TPSA) is 94.6 Å². The molecule has 2 aromatic rings. The molecule has 0 radical (unpaired) electrons. The lowest BCUT2D eigenvalue weighted by atomic mass is 9.80. The van der Waals surface area contributed by atoms with Crippen LogP contribution in [0.25, 0.3) is 0 Å². The molecule has 184 valence electrons. The Morgan fingerprint density at radius 1 is 1.11 bits per heavy atom. The Balaban J connectivity index is 1.54. The Bertz CT molecular complexity index is 1130. The average Bonchev–Trinajstić information content (AvgIpc) is 2.87. The van der Waals surface area contributed by atoms with Gasteiger partial charge in [-0.2, -0.15) is 5.26 Å². The standard InChI is InChI=1S/C29H34N2O4/c1-3-5-8-19-11-13-20(14-12-19)29(32)34-21-15-16-23-26(17-21)35-28(31)24(18-30)27(23)22-9-6-7-10-25(22)33-4-2/h6-7,9-10,15-17,19-20,27H,3-5,8,11-14,31H2,1-2H3. The fourth-order valence-electron chi connectivity index (χ4n) is 5.20. The maximum absolute atomic E-state index is 12.9. The second-order valence-electron chi connectivity index (χ2n) is 9.38. The summed E-state index contributed by atoms with van der Waals surface area (Å²) in [5.41, 5.74) is 8.10. The van der Waals surface area contributed by atoms with Gasteiger partial charge in [-0.15, -0.1) is 0 Å². The fourth-order valence-corrected chi connectivity index (χ4v) is 5.20. The van der Waals surface area contributed by atoms with Crippen LogP contribution in [0, 0.1) is 23.2 Å². The summed E-state index contributed by atoms with van der Waals surface area (Å²) in [6.07, 6.45) is 7.68. The van der Waals surface area contributed by atoms with Crippen molar-refractivity contribution in [1.29, 1.82) is 5.26 Å². The zero-order valence-corrected chi connectivity index (χ0v) is 20.6. The number of carbonyl (C=O) groups is 1. The number of benzene rings is 2. The first-order chi connectivity index (χ1) is 17.0. The molecular weight excluding hydrogens is 440 g/mol. The fraction of sp³-hybridized carbons (Fsp3) is 0.448. The zero-order valence-electron chi connectivity index (χ0n) is 20.6. The number of ether oxygens (including phenoxy) is 3. The molecule has 2 aromatic carbocycles. The van der Waals surface area contributed by atoms with E-state index in [0.717, 1.165) is 42.7 Å². The van der Waals surface area contributed by atoms with E-state index in [4.69, 9.17) is 19.9 Å². The number of para-hydroxylation sites is 1. The summed E-state index contributed by atoms with van der Waals surface area (Å²) in [5.74, 6) is 1.69. The van der Waals surface area contributed by atoms with Gasteiger partial charge in [0.1, 0.15) is 28.9 Å². The first kappa shape index (κ1) is 24.7. The van der Waals surface area contributed by atoms with Gasteiger partial charge in [0, 0.05) is 17.2 Å². The number of unbranched alkanes of at least 4 members (excludes halogenated alkanes) is 1. The van der Waals surface area contributed by atoms with Gasteiger partial charge in [-0.1, -0.05) is 50.5 Å². The van der Waals surface area contributed by atoms with Crippen LogP contribution >= 0.6 is 0 Å². The minimum absolute atomic E-state index is 0.0465. The second-order valence-corrected chi connectivity index (χ2v) is 9.38. The molecule has 1 unspecified atom stereocenters. The van der Waals surface area contributed by atoms with Crippen molar-refractivity contribution in [3.05, 3.63) is 65.0 Å². The van der Waals surface area contributed by atoms with Crippen LogP contribution in [-0.2, 0) is 4.79 Å². The van der Waals surface area contributed by atoms with Crippen LogP contribution in [0.5, 0.6) is 17.2 Å². The maximum atomic E-state index is 12.9. The number of hydrogen-bond donors (Lipinski definition) is 1. The van der Waals surface area contributed by atoms with Crippen molar-refractivity contribution in [2.24, 2.45) is 17.6 Å². The van der Waals surface area contributed by atoms with E-state index in [1.165, 1.54) is 19.3 Å². The van der Waals surface area contributed by atoms with Crippen molar-refractivity contribution in [3.8, 4) is 23.3 Å². The van der Waals surface area contributed by atoms with Gasteiger partial charge < -0.3 is 19.9 Å². The number of hydrogen-bond acceptors (Lipinski definition) is 6. The lowest BCUT2D eigenvalue weighted by molar-refractivity contribution is -0.140. The van der Waals surface area contributed by atoms with E-state index in [2.05, 4.69) is 13.0 Å². The summed E-state index contributed by atoms with van der Waals surface area (Å²) in [4.78, 5) is 12.9. The molecule has 2 N–H and O–H groups in total. The SMILES string of the molecule is CCCCC1CCC(C(=O)Oc2ccc3c(c2)OC(N)=C(C#N)C3c2ccccc2OCC)CC1. The molecule has 6 heteroatoms. The van der Waals surface area contributed by atoms with E-state index in [1.807, 2.05) is 37.3 Å². The number of fused-ring (bicyclic) bond motifs is 1. The number of rotatable bonds is 8. The van der Waals surface area contributed by atoms with Gasteiger partial charge in [0.2, 0.25) is 5.88 Å². The number of nitrogens with zero attached hydrogens (tertiary/aromatic N) is 1. The highest BCUT2D eigenvalue weighted by Crippen LogP contribution is 2.46. The number of nitriles is 1. The molecule has 1 aliphatic carbocycles. The van der Waals surface area contributed by atoms with Crippen LogP contribution in [0.4, 0.5) is 0 Å². The summed E-state index contributed by atoms with van der Waals surface area (Å²) >= 11 is 0. The predicted octanol–water partition coefficient (Wildman–Crippen LogP) is 6.21. The van der Waals surface area contributed by atoms with Crippen molar-refractivity contribution >= 4 is 5.97 Å². The van der Waals surface area contributed by atoms with E-state index >= 15 is 0 Å². The van der Waals surface area contributed by atoms with Gasteiger partial charge in [-0.25, -0.2) is 0 Å². The van der Waals surface area contributed by atoms with Crippen LogP contribution in [0.15, 0.2) is 53.9 Å². The van der Waals surface area contributed by atoms with Gasteiger partial charge in [-0.3, -0.25) is 4.79 Å². The third-order valence-electron chi connectivity index (χ3n) is 7.08. The normalized spacial score (nSPS) is 21.5. The van der Waals surface area contributed by atoms with Gasteiger partial charge in [0.15, 0.2) is 0 Å². The molecule has 6 nitrogen and oxygen atoms in total. The molecule has 4 rings (SSSR count). The van der Waals surface area contributed by atoms with Crippen LogP contribution in [0.2, 0.25) is 0 Å². The Hall–Kier alpha value is -3.46. The summed E-state index contributed by atoms with van der Waals surface area (Å²) in [6.45, 7) is 4.64. The van der Waals surface area contributed by atoms with E-state index < -0.39 is 5.92 Å². The number of allylic oxidation sites excluding steroid dienone is 1. The number of nitrogens with two attached hydrogens (primary N) is 1. The first-order valence-corrected chi connectivity index (χ1v) is 12.7. The van der Waals surface area contributed by atoms with Crippen molar-refractivity contribution in [1.82, 2.24) is 0 Å². The minimum Gasteiger partial charge on any atom is -0.494 e. The van der Waals surface area contributed by atoms with Crippen LogP contribution in [0.3, 0.4) is 0 Å². The van der Waals surface area contributed by atoms with Gasteiger partial charge >= 0.3 is 5.97 Å². The Morgan fingerprint density at radius 2 is 1.89 bits per heavy atom. The molecule has 2 aliphatic rings. The van der Waals surface area contributed by atoms with E-state index in [-0.39, 0.29) is 17.8 Å². The van der Waals surface area contributed by atoms with Crippen molar-refractivity contribution in [2.75, 3.05) is 6.61 Å². The van der Waals surface area contributed by atoms with E-state index in [9.17, 15) is 10.1 Å². The van der Waals surface area contributed by atoms with Crippen LogP contribution in [-0.4, -0.2) is 12.6 Å². The van der Waals surface area contributed by atoms with Crippen molar-refractivity contribution in [2.45, 2.75) is 64.7 Å². The van der Waals surface area contributed by atoms with Gasteiger partial charge in [0.05, 0.1) is 18.4 Å². The number of esters is 1. The molecule has 0 amide bonds. The Labute approximate surface area is 207 Å². The second kappa shape index (κ2) is 11.3. The highest BCUT2D eigenvalue weighted by molar-refractivity contribution is 5.75. The van der Waals surface area contributed by atoms with Crippen LogP contribution < -0.4 is 19.9 Å². The minimum atomic E-state index is -0.436. The number of carbonyl (C=O) groups excluding carboxylic acids is 1. The third kappa shape index (κ3) is 5.45. The first-order valence-electron chi connectivity index (χ1n) is 12.7. The summed E-state index contributed by atoms with van der Waals surface area (Å²) in [7, 11) is 0. The molecule has 1 heterocycles. The van der Waals surface area contributed by atoms with Crippen molar-refractivity contribution < 1.29 is 19.0 Å². The third-order valence-corrected chi connectivity index (χ3v) is 7.08. The molecular formula is C29H34N2O4. The maximum Gasteiger partial charge on any atom is 0.314 e.